The van der Waals surface area contributed by atoms with Crippen LogP contribution in [0.5, 0.6) is 0 Å². The van der Waals surface area contributed by atoms with Gasteiger partial charge in [0.05, 0.1) is 5.69 Å². The second-order valence-electron chi connectivity index (χ2n) is 8.16. The molecule has 0 saturated carbocycles. The van der Waals surface area contributed by atoms with Gasteiger partial charge in [-0.15, -0.1) is 0 Å². The molecule has 3 nitrogen and oxygen atoms in total. The maximum atomic E-state index is 12.3. The number of aromatic nitrogens is 1. The van der Waals surface area contributed by atoms with Gasteiger partial charge in [0.15, 0.2) is 11.9 Å². The van der Waals surface area contributed by atoms with Crippen molar-refractivity contribution >= 4 is 5.78 Å². The number of allylic oxidation sites excluding steroid dienone is 6. The van der Waals surface area contributed by atoms with Crippen LogP contribution in [0.15, 0.2) is 54.8 Å². The molecule has 0 spiro atoms. The molecule has 1 aromatic heterocycles. The lowest BCUT2D eigenvalue weighted by Gasteiger charge is -2.10. The Bertz CT molecular complexity index is 675. The summed E-state index contributed by atoms with van der Waals surface area (Å²) >= 11 is 0. The minimum Gasteiger partial charge on any atom is -0.379 e. The number of hydrogen-bond acceptors (Lipinski definition) is 3. The van der Waals surface area contributed by atoms with Crippen molar-refractivity contribution in [3.8, 4) is 0 Å². The van der Waals surface area contributed by atoms with Crippen LogP contribution < -0.4 is 0 Å². The summed E-state index contributed by atoms with van der Waals surface area (Å²) in [6.45, 7) is 4.31. The van der Waals surface area contributed by atoms with E-state index in [0.29, 0.717) is 12.1 Å². The molecule has 0 aliphatic carbocycles. The summed E-state index contributed by atoms with van der Waals surface area (Å²) in [7, 11) is 0. The van der Waals surface area contributed by atoms with Crippen LogP contribution in [-0.4, -0.2) is 15.9 Å². The molecule has 172 valence electrons. The van der Waals surface area contributed by atoms with E-state index in [2.05, 4.69) is 55.3 Å². The van der Waals surface area contributed by atoms with Crippen molar-refractivity contribution in [2.75, 3.05) is 0 Å². The topological polar surface area (TPSA) is 50.2 Å². The molecule has 31 heavy (non-hydrogen) atoms. The van der Waals surface area contributed by atoms with Crippen LogP contribution in [0.25, 0.3) is 0 Å². The van der Waals surface area contributed by atoms with Gasteiger partial charge < -0.3 is 5.11 Å². The summed E-state index contributed by atoms with van der Waals surface area (Å²) in [4.78, 5) is 16.5. The first kappa shape index (κ1) is 27.0. The third-order valence-corrected chi connectivity index (χ3v) is 5.32. The highest BCUT2D eigenvalue weighted by Gasteiger charge is 2.18. The molecule has 3 heteroatoms. The van der Waals surface area contributed by atoms with Crippen LogP contribution >= 0.6 is 0 Å². The molecule has 1 aromatic rings. The van der Waals surface area contributed by atoms with Crippen LogP contribution in [-0.2, 0) is 11.2 Å². The molecule has 1 N–H and O–H groups in total. The SMILES string of the molecule is CCC=CCC=CCC=CCCCCCCCC(=O)C(O)c1cc(CCCC)ccn1. The zero-order valence-corrected chi connectivity index (χ0v) is 19.8. The molecule has 0 aliphatic heterocycles. The summed E-state index contributed by atoms with van der Waals surface area (Å²) in [6.07, 6.45) is 27.3. The van der Waals surface area contributed by atoms with Gasteiger partial charge in [-0.25, -0.2) is 0 Å². The molecular formula is C28H43NO2. The highest BCUT2D eigenvalue weighted by Crippen LogP contribution is 2.18. The number of carbonyl (C=O) groups is 1. The number of hydrogen-bond donors (Lipinski definition) is 1. The van der Waals surface area contributed by atoms with Gasteiger partial charge in [-0.1, -0.05) is 76.0 Å². The van der Waals surface area contributed by atoms with Crippen molar-refractivity contribution in [3.63, 3.8) is 0 Å². The Balaban J connectivity index is 2.09. The Morgan fingerprint density at radius 1 is 0.935 bits per heavy atom. The van der Waals surface area contributed by atoms with Crippen molar-refractivity contribution in [1.29, 1.82) is 0 Å². The average Bonchev–Trinajstić information content (AvgIpc) is 2.79. The van der Waals surface area contributed by atoms with Gasteiger partial charge in [0.2, 0.25) is 0 Å². The van der Waals surface area contributed by atoms with E-state index >= 15 is 0 Å². The van der Waals surface area contributed by atoms with Crippen molar-refractivity contribution < 1.29 is 9.90 Å². The maximum Gasteiger partial charge on any atom is 0.167 e. The van der Waals surface area contributed by atoms with Gasteiger partial charge in [0.25, 0.3) is 0 Å². The molecule has 1 heterocycles. The zero-order valence-electron chi connectivity index (χ0n) is 19.8. The summed E-state index contributed by atoms with van der Waals surface area (Å²) in [5.41, 5.74) is 1.64. The molecule has 0 fully saturated rings. The molecule has 1 atom stereocenters. The molecule has 1 unspecified atom stereocenters. The van der Waals surface area contributed by atoms with E-state index in [1.54, 1.807) is 6.20 Å². The van der Waals surface area contributed by atoms with E-state index in [-0.39, 0.29) is 5.78 Å². The van der Waals surface area contributed by atoms with Gasteiger partial charge in [-0.05, 0) is 69.1 Å². The highest BCUT2D eigenvalue weighted by atomic mass is 16.3. The Labute approximate surface area is 190 Å². The van der Waals surface area contributed by atoms with Gasteiger partial charge in [0.1, 0.15) is 0 Å². The first-order valence-electron chi connectivity index (χ1n) is 12.3. The number of aliphatic hydroxyl groups is 1. The second-order valence-corrected chi connectivity index (χ2v) is 8.16. The molecule has 0 bridgehead atoms. The standard InChI is InChI=1S/C28H43NO2/c1-3-5-7-8-9-10-11-12-13-14-15-16-17-18-19-21-27(30)28(31)26-24-25(20-6-4-2)22-23-29-26/h5,7,9-10,12-13,22-24,28,31H,3-4,6,8,11,14-21H2,1-2H3. The van der Waals surface area contributed by atoms with Gasteiger partial charge in [-0.2, -0.15) is 0 Å². The Kier molecular flexibility index (Phi) is 16.3. The normalized spacial score (nSPS) is 13.0. The van der Waals surface area contributed by atoms with Crippen LogP contribution in [0.1, 0.15) is 108 Å². The number of nitrogens with zero attached hydrogens (tertiary/aromatic N) is 1. The van der Waals surface area contributed by atoms with Gasteiger partial charge >= 0.3 is 0 Å². The quantitative estimate of drug-likeness (QED) is 0.194. The number of pyridine rings is 1. The number of ketones is 1. The number of carbonyl (C=O) groups excluding carboxylic acids is 1. The molecular weight excluding hydrogens is 382 g/mol. The fourth-order valence-corrected chi connectivity index (χ4v) is 3.40. The largest absolute Gasteiger partial charge is 0.379 e. The lowest BCUT2D eigenvalue weighted by molar-refractivity contribution is -0.127. The van der Waals surface area contributed by atoms with Crippen molar-refractivity contribution in [3.05, 3.63) is 66.0 Å². The highest BCUT2D eigenvalue weighted by molar-refractivity contribution is 5.83. The summed E-state index contributed by atoms with van der Waals surface area (Å²) in [5.74, 6) is -0.110. The van der Waals surface area contributed by atoms with Crippen LogP contribution in [0, 0.1) is 0 Å². The Morgan fingerprint density at radius 3 is 2.35 bits per heavy atom. The molecule has 0 aliphatic rings. The van der Waals surface area contributed by atoms with Crippen molar-refractivity contribution in [2.45, 2.75) is 103 Å². The number of rotatable bonds is 18. The monoisotopic (exact) mass is 425 g/mol. The van der Waals surface area contributed by atoms with Gasteiger partial charge in [0, 0.05) is 12.6 Å². The van der Waals surface area contributed by atoms with E-state index in [4.69, 9.17) is 0 Å². The van der Waals surface area contributed by atoms with E-state index in [9.17, 15) is 9.90 Å². The lowest BCUT2D eigenvalue weighted by Crippen LogP contribution is -2.13. The molecule has 0 saturated heterocycles. The van der Waals surface area contributed by atoms with Crippen LogP contribution in [0.3, 0.4) is 0 Å². The second kappa shape index (κ2) is 18.7. The Morgan fingerprint density at radius 2 is 1.61 bits per heavy atom. The smallest absolute Gasteiger partial charge is 0.167 e. The minimum absolute atomic E-state index is 0.110. The molecule has 1 rings (SSSR count). The lowest BCUT2D eigenvalue weighted by atomic mass is 10.0. The Hall–Kier alpha value is -2.00. The van der Waals surface area contributed by atoms with Crippen LogP contribution in [0.4, 0.5) is 0 Å². The number of aryl methyl sites for hydroxylation is 1. The summed E-state index contributed by atoms with van der Waals surface area (Å²) in [6, 6.07) is 3.85. The molecule has 0 amide bonds. The van der Waals surface area contributed by atoms with E-state index in [1.807, 2.05) is 12.1 Å². The van der Waals surface area contributed by atoms with Gasteiger partial charge in [-0.3, -0.25) is 9.78 Å². The van der Waals surface area contributed by atoms with E-state index in [0.717, 1.165) is 69.8 Å². The average molecular weight is 426 g/mol. The van der Waals surface area contributed by atoms with Crippen molar-refractivity contribution in [2.24, 2.45) is 0 Å². The van der Waals surface area contributed by atoms with E-state index in [1.165, 1.54) is 12.8 Å². The maximum absolute atomic E-state index is 12.3. The van der Waals surface area contributed by atoms with Crippen molar-refractivity contribution in [1.82, 2.24) is 4.98 Å². The summed E-state index contributed by atoms with van der Waals surface area (Å²) in [5, 5.41) is 10.3. The first-order chi connectivity index (χ1) is 15.2. The third-order valence-electron chi connectivity index (χ3n) is 5.32. The minimum atomic E-state index is -1.08. The summed E-state index contributed by atoms with van der Waals surface area (Å²) < 4.78 is 0. The van der Waals surface area contributed by atoms with E-state index < -0.39 is 6.10 Å². The zero-order chi connectivity index (χ0) is 22.6. The fraction of sp³-hybridized carbons (Fsp3) is 0.571. The third kappa shape index (κ3) is 13.8. The van der Waals surface area contributed by atoms with Crippen LogP contribution in [0.2, 0.25) is 0 Å². The molecule has 0 radical (unpaired) electrons. The molecule has 0 aromatic carbocycles. The fourth-order valence-electron chi connectivity index (χ4n) is 3.40. The predicted molar refractivity (Wildman–Crippen MR) is 132 cm³/mol. The number of aliphatic hydroxyl groups excluding tert-OH is 1. The first-order valence-corrected chi connectivity index (χ1v) is 12.3. The predicted octanol–water partition coefficient (Wildman–Crippen LogP) is 7.62. The number of unbranched alkanes of at least 4 members (excludes halogenated alkanes) is 6. The number of Topliss-reactive ketones (excluding diaryl/α,β-unsaturated/α-hetero) is 1.